The van der Waals surface area contributed by atoms with Gasteiger partial charge in [0.25, 0.3) is 0 Å². The molecule has 16 heavy (non-hydrogen) atoms. The zero-order chi connectivity index (χ0) is 11.1. The molecular weight excluding hydrogens is 198 g/mol. The fourth-order valence-corrected chi connectivity index (χ4v) is 2.54. The van der Waals surface area contributed by atoms with Crippen molar-refractivity contribution in [2.75, 3.05) is 5.73 Å². The molecule has 1 aliphatic carbocycles. The fraction of sp³-hybridized carbons (Fsp3) is 0.308. The number of fused-ring (bicyclic) bond motifs is 1. The topological polar surface area (TPSA) is 43.8 Å². The van der Waals surface area contributed by atoms with Crippen LogP contribution in [0.25, 0.3) is 0 Å². The molecule has 0 saturated carbocycles. The third-order valence-electron chi connectivity index (χ3n) is 3.26. The predicted molar refractivity (Wildman–Crippen MR) is 64.3 cm³/mol. The van der Waals surface area contributed by atoms with Gasteiger partial charge in [-0.1, -0.05) is 24.3 Å². The Morgan fingerprint density at radius 2 is 1.88 bits per heavy atom. The highest BCUT2D eigenvalue weighted by molar-refractivity contribution is 5.36. The molecule has 0 fully saturated rings. The first-order chi connectivity index (χ1) is 7.74. The van der Waals surface area contributed by atoms with Crippen LogP contribution in [-0.2, 0) is 12.8 Å². The van der Waals surface area contributed by atoms with Crippen molar-refractivity contribution in [2.45, 2.75) is 25.8 Å². The second-order valence-electron chi connectivity index (χ2n) is 4.49. The highest BCUT2D eigenvalue weighted by Gasteiger charge is 2.24. The lowest BCUT2D eigenvalue weighted by molar-refractivity contribution is 0.480. The molecule has 0 saturated heterocycles. The van der Waals surface area contributed by atoms with Crippen LogP contribution in [0.15, 0.2) is 30.3 Å². The number of nitrogen functional groups attached to an aromatic ring is 1. The summed E-state index contributed by atoms with van der Waals surface area (Å²) in [6, 6.07) is 10.9. The van der Waals surface area contributed by atoms with Gasteiger partial charge < -0.3 is 5.73 Å². The first-order valence-corrected chi connectivity index (χ1v) is 5.62. The zero-order valence-corrected chi connectivity index (χ0v) is 9.35. The van der Waals surface area contributed by atoms with Gasteiger partial charge in [0.1, 0.15) is 5.82 Å². The van der Waals surface area contributed by atoms with Gasteiger partial charge in [-0.05, 0) is 30.9 Å². The van der Waals surface area contributed by atoms with E-state index in [9.17, 15) is 0 Å². The van der Waals surface area contributed by atoms with Gasteiger partial charge in [-0.2, -0.15) is 5.10 Å². The van der Waals surface area contributed by atoms with Crippen molar-refractivity contribution in [1.82, 2.24) is 9.78 Å². The van der Waals surface area contributed by atoms with Crippen LogP contribution in [0.3, 0.4) is 0 Å². The molecule has 0 amide bonds. The molecule has 0 radical (unpaired) electrons. The lowest BCUT2D eigenvalue weighted by atomic mass is 10.1. The van der Waals surface area contributed by atoms with Gasteiger partial charge in [0, 0.05) is 6.07 Å². The van der Waals surface area contributed by atoms with Crippen molar-refractivity contribution in [1.29, 1.82) is 0 Å². The minimum absolute atomic E-state index is 0.395. The predicted octanol–water partition coefficient (Wildman–Crippen LogP) is 2.11. The molecule has 0 aliphatic heterocycles. The molecular formula is C13H15N3. The highest BCUT2D eigenvalue weighted by Crippen LogP contribution is 2.31. The highest BCUT2D eigenvalue weighted by atomic mass is 15.3. The minimum Gasteiger partial charge on any atom is -0.384 e. The molecule has 1 aromatic heterocycles. The van der Waals surface area contributed by atoms with E-state index < -0.39 is 0 Å². The molecule has 1 aliphatic rings. The average molecular weight is 213 g/mol. The summed E-state index contributed by atoms with van der Waals surface area (Å²) in [5.74, 6) is 0.773. The molecule has 3 rings (SSSR count). The third-order valence-corrected chi connectivity index (χ3v) is 3.26. The number of hydrogen-bond donors (Lipinski definition) is 1. The van der Waals surface area contributed by atoms with Crippen molar-refractivity contribution in [2.24, 2.45) is 0 Å². The molecule has 1 heterocycles. The molecule has 2 aromatic rings. The van der Waals surface area contributed by atoms with Gasteiger partial charge in [0.2, 0.25) is 0 Å². The van der Waals surface area contributed by atoms with Crippen molar-refractivity contribution < 1.29 is 0 Å². The lowest BCUT2D eigenvalue weighted by Gasteiger charge is -2.11. The summed E-state index contributed by atoms with van der Waals surface area (Å²) < 4.78 is 1.97. The number of benzene rings is 1. The Balaban J connectivity index is 1.94. The molecule has 3 nitrogen and oxygen atoms in total. The van der Waals surface area contributed by atoms with Crippen molar-refractivity contribution in [3.8, 4) is 0 Å². The number of anilines is 1. The van der Waals surface area contributed by atoms with E-state index in [0.29, 0.717) is 6.04 Å². The smallest absolute Gasteiger partial charge is 0.122 e. The fourth-order valence-electron chi connectivity index (χ4n) is 2.54. The normalized spacial score (nSPS) is 15.3. The Bertz CT molecular complexity index is 503. The van der Waals surface area contributed by atoms with E-state index in [0.717, 1.165) is 24.4 Å². The molecule has 1 aromatic carbocycles. The number of nitrogens with two attached hydrogens (primary N) is 1. The van der Waals surface area contributed by atoms with Gasteiger partial charge >= 0.3 is 0 Å². The first kappa shape index (κ1) is 9.46. The van der Waals surface area contributed by atoms with Crippen molar-refractivity contribution >= 4 is 5.82 Å². The van der Waals surface area contributed by atoms with Crippen molar-refractivity contribution in [3.63, 3.8) is 0 Å². The summed E-state index contributed by atoms with van der Waals surface area (Å²) in [6.07, 6.45) is 2.09. The molecule has 0 atom stereocenters. The molecule has 3 heteroatoms. The zero-order valence-electron chi connectivity index (χ0n) is 9.35. The second-order valence-corrected chi connectivity index (χ2v) is 4.49. The Labute approximate surface area is 94.9 Å². The van der Waals surface area contributed by atoms with Gasteiger partial charge in [-0.3, -0.25) is 0 Å². The Kier molecular flexibility index (Phi) is 1.99. The van der Waals surface area contributed by atoms with E-state index in [4.69, 9.17) is 5.73 Å². The maximum Gasteiger partial charge on any atom is 0.122 e. The summed E-state index contributed by atoms with van der Waals surface area (Å²) in [6.45, 7) is 1.98. The van der Waals surface area contributed by atoms with Crippen LogP contribution in [0.2, 0.25) is 0 Å². The largest absolute Gasteiger partial charge is 0.384 e. The number of rotatable bonds is 1. The standard InChI is InChI=1S/C13H15N3/c1-9-6-13(14)16(15-9)12-7-10-4-2-3-5-11(10)8-12/h2-6,12H,7-8,14H2,1H3. The van der Waals surface area contributed by atoms with Gasteiger partial charge in [0.15, 0.2) is 0 Å². The van der Waals surface area contributed by atoms with E-state index in [2.05, 4.69) is 29.4 Å². The van der Waals surface area contributed by atoms with Gasteiger partial charge in [-0.15, -0.1) is 0 Å². The van der Waals surface area contributed by atoms with E-state index in [1.807, 2.05) is 17.7 Å². The molecule has 0 bridgehead atoms. The first-order valence-electron chi connectivity index (χ1n) is 5.62. The number of aromatic nitrogens is 2. The van der Waals surface area contributed by atoms with Crippen LogP contribution in [0.4, 0.5) is 5.82 Å². The lowest BCUT2D eigenvalue weighted by Crippen LogP contribution is -2.13. The molecule has 2 N–H and O–H groups in total. The van der Waals surface area contributed by atoms with Gasteiger partial charge in [-0.25, -0.2) is 4.68 Å². The van der Waals surface area contributed by atoms with Crippen LogP contribution >= 0.6 is 0 Å². The summed E-state index contributed by atoms with van der Waals surface area (Å²) >= 11 is 0. The van der Waals surface area contributed by atoms with Crippen LogP contribution < -0.4 is 5.73 Å². The summed E-state index contributed by atoms with van der Waals surface area (Å²) in [5, 5.41) is 4.47. The van der Waals surface area contributed by atoms with Gasteiger partial charge in [0.05, 0.1) is 11.7 Å². The maximum absolute atomic E-state index is 5.96. The van der Waals surface area contributed by atoms with Crippen LogP contribution in [0.1, 0.15) is 22.9 Å². The Hall–Kier alpha value is -1.77. The number of aryl methyl sites for hydroxylation is 1. The number of hydrogen-bond acceptors (Lipinski definition) is 2. The number of nitrogens with zero attached hydrogens (tertiary/aromatic N) is 2. The SMILES string of the molecule is Cc1cc(N)n(C2Cc3ccccc3C2)n1. The average Bonchev–Trinajstić information content (AvgIpc) is 2.81. The van der Waals surface area contributed by atoms with Crippen LogP contribution in [0.5, 0.6) is 0 Å². The Morgan fingerprint density at radius 3 is 2.38 bits per heavy atom. The van der Waals surface area contributed by atoms with Crippen molar-refractivity contribution in [3.05, 3.63) is 47.2 Å². The summed E-state index contributed by atoms with van der Waals surface area (Å²) in [4.78, 5) is 0. The van der Waals surface area contributed by atoms with E-state index in [1.54, 1.807) is 0 Å². The third kappa shape index (κ3) is 1.40. The summed E-state index contributed by atoms with van der Waals surface area (Å²) in [5.41, 5.74) is 9.81. The summed E-state index contributed by atoms with van der Waals surface area (Å²) in [7, 11) is 0. The maximum atomic E-state index is 5.96. The van der Waals surface area contributed by atoms with E-state index in [-0.39, 0.29) is 0 Å². The Morgan fingerprint density at radius 1 is 1.25 bits per heavy atom. The van der Waals surface area contributed by atoms with Crippen LogP contribution in [-0.4, -0.2) is 9.78 Å². The van der Waals surface area contributed by atoms with E-state index in [1.165, 1.54) is 11.1 Å². The minimum atomic E-state index is 0.395. The second kappa shape index (κ2) is 3.37. The molecule has 0 unspecified atom stereocenters. The molecule has 0 spiro atoms. The molecule has 82 valence electrons. The quantitative estimate of drug-likeness (QED) is 0.788. The van der Waals surface area contributed by atoms with Crippen LogP contribution in [0, 0.1) is 6.92 Å². The van der Waals surface area contributed by atoms with E-state index >= 15 is 0 Å². The monoisotopic (exact) mass is 213 g/mol.